The number of carbonyl (C=O) groups excluding carboxylic acids is 1. The largest absolute Gasteiger partial charge is 0.484 e. The second kappa shape index (κ2) is 35.6. The Bertz CT molecular complexity index is 5990. The van der Waals surface area contributed by atoms with Crippen LogP contribution in [0.3, 0.4) is 0 Å². The number of aromatic amines is 4. The molecule has 0 unspecified atom stereocenters. The SMILES string of the molecule is Nc1nc(N2CCCN(C(=O)COc3ccc(Cl)cc3)CC2)c2nc(-c3ccc(F)cc3)[nH]c2n1.Nc1nc(N2CCCNCC2)c2nc(-c3ccc(F)cc3)[nH]c2n1.Nc1nc(N2CCN(Cc3ccc(F)cc3)CC2)c2nc(-c3ccc(F)cc3)[nH]c2n1.Nc1nc(N2CCN(c3ccncc3)CC2)c2nc(-c3ccc(F)cc3)[nH]c2n1. The molecule has 4 aliphatic heterocycles. The van der Waals surface area contributed by atoms with Crippen molar-refractivity contribution >= 4 is 115 Å². The Morgan fingerprint density at radius 3 is 1.13 bits per heavy atom. The van der Waals surface area contributed by atoms with E-state index >= 15 is 0 Å². The molecule has 0 radical (unpaired) electrons. The average Bonchev–Trinajstić information content (AvgIpc) is 1.66. The first kappa shape index (κ1) is 78.9. The second-order valence-corrected chi connectivity index (χ2v) is 28.8. The summed E-state index contributed by atoms with van der Waals surface area (Å²) < 4.78 is 71.7. The van der Waals surface area contributed by atoms with Gasteiger partial charge in [-0.25, -0.2) is 41.9 Å². The van der Waals surface area contributed by atoms with Crippen LogP contribution in [-0.4, -0.2) is 212 Å². The van der Waals surface area contributed by atoms with E-state index in [1.807, 2.05) is 24.3 Å². The fourth-order valence-electron chi connectivity index (χ4n) is 14.4. The standard InChI is InChI=1S/C24H23ClFN7O2.C22H21F2N7.C20H19FN8.C16H18FN7/c25-16-4-8-18(9-5-16)35-14-19(34)32-10-1-11-33(13-12-32)23-20-22(30-24(27)31-23)29-21(28-20)15-2-6-17(26)7-3-15;23-16-5-1-14(2-6-16)13-30-9-11-31(12-10-30)21-18-20(28-22(25)29-21)27-19(26-18)15-3-7-17(24)8-4-15;21-14-3-1-13(2-4-14)17-24-16-18(25-17)26-20(22)27-19(16)29-11-9-28(10-12-29)15-5-7-23-8-6-15;17-11-4-2-10(3-5-11)13-20-12-14(21-13)22-16(18)23-15(12)24-8-1-6-19-7-9-24/h2-9H,1,10-14H2,(H3,27,28,29,30,31);1-8H,9-13H2,(H3,25,26,27,28,29);1-8H,9-12H2,(H3,22,24,25,26,27);2-5,19H,1,6-9H2,(H3,18,20,21,22,23). The number of ether oxygens (including phenoxy) is 1. The normalized spacial score (nSPS) is 14.8. The first-order chi connectivity index (χ1) is 57.9. The lowest BCUT2D eigenvalue weighted by atomic mass is 10.2. The Balaban J connectivity index is 0.000000119. The van der Waals surface area contributed by atoms with Gasteiger partial charge in [0.15, 0.2) is 74.5 Å². The molecule has 4 fully saturated rings. The molecule has 4 saturated heterocycles. The van der Waals surface area contributed by atoms with E-state index in [0.29, 0.717) is 122 Å². The highest BCUT2D eigenvalue weighted by molar-refractivity contribution is 6.30. The predicted molar refractivity (Wildman–Crippen MR) is 449 cm³/mol. The van der Waals surface area contributed by atoms with Crippen LogP contribution in [0.15, 0.2) is 170 Å². The van der Waals surface area contributed by atoms with Crippen LogP contribution < -0.4 is 57.5 Å². The van der Waals surface area contributed by atoms with Gasteiger partial charge in [0.25, 0.3) is 5.91 Å². The van der Waals surface area contributed by atoms with Gasteiger partial charge >= 0.3 is 0 Å². The van der Waals surface area contributed by atoms with Crippen LogP contribution in [0.4, 0.5) is 74.7 Å². The average molecular weight is 1640 g/mol. The molecule has 608 valence electrons. The van der Waals surface area contributed by atoms with Crippen LogP contribution in [0, 0.1) is 29.1 Å². The maximum absolute atomic E-state index is 13.3. The molecule has 4 aliphatic rings. The fraction of sp³-hybridized carbons (Fsp3) is 0.244. The number of halogens is 6. The highest BCUT2D eigenvalue weighted by atomic mass is 35.5. The Hall–Kier alpha value is -14.0. The number of anilines is 9. The summed E-state index contributed by atoms with van der Waals surface area (Å²) in [5.74, 6) is 4.89. The molecule has 0 bridgehead atoms. The number of carbonyl (C=O) groups is 1. The molecule has 119 heavy (non-hydrogen) atoms. The summed E-state index contributed by atoms with van der Waals surface area (Å²) in [6, 6.07) is 42.0. The summed E-state index contributed by atoms with van der Waals surface area (Å²) in [7, 11) is 0. The summed E-state index contributed by atoms with van der Waals surface area (Å²) in [6.45, 7) is 13.1. The topological polar surface area (TPSA) is 396 Å². The Morgan fingerprint density at radius 1 is 0.370 bits per heavy atom. The number of imidazole rings is 4. The number of fused-ring (bicyclic) bond motifs is 4. The molecule has 15 aromatic rings. The maximum Gasteiger partial charge on any atom is 0.260 e. The number of nitrogens with two attached hydrogens (primary N) is 4. The van der Waals surface area contributed by atoms with Crippen LogP contribution >= 0.6 is 11.6 Å². The van der Waals surface area contributed by atoms with Crippen molar-refractivity contribution in [2.45, 2.75) is 19.4 Å². The first-order valence-corrected chi connectivity index (χ1v) is 38.9. The van der Waals surface area contributed by atoms with Crippen LogP contribution in [0.5, 0.6) is 5.75 Å². The molecule has 19 rings (SSSR count). The zero-order chi connectivity index (χ0) is 82.0. The van der Waals surface area contributed by atoms with E-state index in [4.69, 9.17) is 39.3 Å². The molecule has 1 amide bonds. The fourth-order valence-corrected chi connectivity index (χ4v) is 14.5. The van der Waals surface area contributed by atoms with Gasteiger partial charge in [-0.3, -0.25) is 14.7 Å². The van der Waals surface area contributed by atoms with Gasteiger partial charge in [-0.2, -0.15) is 39.9 Å². The number of nitrogens with zero attached hydrogens (tertiary/aromatic N) is 20. The van der Waals surface area contributed by atoms with E-state index in [1.54, 1.807) is 90.1 Å². The van der Waals surface area contributed by atoms with Gasteiger partial charge in [-0.05, 0) is 171 Å². The van der Waals surface area contributed by atoms with E-state index in [0.717, 1.165) is 137 Å². The van der Waals surface area contributed by atoms with Gasteiger partial charge in [0.2, 0.25) is 23.8 Å². The minimum atomic E-state index is -0.322. The third kappa shape index (κ3) is 18.9. The molecule has 0 spiro atoms. The lowest BCUT2D eigenvalue weighted by molar-refractivity contribution is -0.133. The van der Waals surface area contributed by atoms with Gasteiger partial charge in [0, 0.05) is 150 Å². The van der Waals surface area contributed by atoms with Gasteiger partial charge in [0.05, 0.1) is 0 Å². The van der Waals surface area contributed by atoms with Crippen molar-refractivity contribution in [2.75, 3.05) is 159 Å². The van der Waals surface area contributed by atoms with E-state index in [-0.39, 0.29) is 65.4 Å². The number of piperazine rings is 2. The minimum absolute atomic E-state index is 0.0489. The van der Waals surface area contributed by atoms with Crippen molar-refractivity contribution in [1.82, 2.24) is 99.8 Å². The number of amides is 1. The number of benzene rings is 6. The van der Waals surface area contributed by atoms with Crippen molar-refractivity contribution in [3.05, 3.63) is 210 Å². The van der Waals surface area contributed by atoms with Crippen molar-refractivity contribution in [3.8, 4) is 51.3 Å². The maximum atomic E-state index is 13.3. The Morgan fingerprint density at radius 2 is 0.723 bits per heavy atom. The molecule has 9 aromatic heterocycles. The molecule has 31 nitrogen and oxygen atoms in total. The molecule has 37 heteroatoms. The number of nitrogen functional groups attached to an aromatic ring is 4. The number of H-pyrrole nitrogens is 4. The number of hydrogen-bond donors (Lipinski definition) is 9. The lowest BCUT2D eigenvalue weighted by Gasteiger charge is -2.36. The summed E-state index contributed by atoms with van der Waals surface area (Å²) >= 11 is 5.89. The molecule has 13 heterocycles. The third-order valence-electron chi connectivity index (χ3n) is 20.4. The summed E-state index contributed by atoms with van der Waals surface area (Å²) in [5.41, 5.74) is 33.8. The monoisotopic (exact) mass is 1630 g/mol. The van der Waals surface area contributed by atoms with Crippen molar-refractivity contribution in [2.24, 2.45) is 0 Å². The quantitative estimate of drug-likeness (QED) is 0.0457. The first-order valence-electron chi connectivity index (χ1n) is 38.5. The highest BCUT2D eigenvalue weighted by Crippen LogP contribution is 2.34. The van der Waals surface area contributed by atoms with E-state index in [1.165, 1.54) is 60.7 Å². The van der Waals surface area contributed by atoms with Crippen molar-refractivity contribution in [1.29, 1.82) is 0 Å². The van der Waals surface area contributed by atoms with Gasteiger partial charge in [-0.1, -0.05) is 23.7 Å². The molecule has 13 N–H and O–H groups in total. The Kier molecular flexibility index (Phi) is 23.6. The van der Waals surface area contributed by atoms with Crippen LogP contribution in [0.1, 0.15) is 18.4 Å². The Labute approximate surface area is 682 Å². The predicted octanol–water partition coefficient (Wildman–Crippen LogP) is 10.7. The van der Waals surface area contributed by atoms with Gasteiger partial charge < -0.3 is 82.3 Å². The molecular formula is C82H81ClF5N29O2. The van der Waals surface area contributed by atoms with E-state index < -0.39 is 0 Å². The molecular weight excluding hydrogens is 1550 g/mol. The number of hydrogen-bond acceptors (Lipinski definition) is 26. The molecule has 0 atom stereocenters. The number of rotatable bonds is 14. The number of nitrogens with one attached hydrogen (secondary N) is 5. The number of aromatic nitrogens is 17. The van der Waals surface area contributed by atoms with E-state index in [2.05, 4.69) is 119 Å². The summed E-state index contributed by atoms with van der Waals surface area (Å²) in [5, 5.41) is 3.97. The minimum Gasteiger partial charge on any atom is -0.484 e. The highest BCUT2D eigenvalue weighted by Gasteiger charge is 2.29. The zero-order valence-corrected chi connectivity index (χ0v) is 64.9. The number of pyridine rings is 1. The summed E-state index contributed by atoms with van der Waals surface area (Å²) in [4.78, 5) is 98.0. The van der Waals surface area contributed by atoms with Crippen LogP contribution in [-0.2, 0) is 11.3 Å². The van der Waals surface area contributed by atoms with Crippen LogP contribution in [0.25, 0.3) is 90.2 Å². The molecule has 0 aliphatic carbocycles. The lowest BCUT2D eigenvalue weighted by Crippen LogP contribution is -2.47. The zero-order valence-electron chi connectivity index (χ0n) is 64.1. The van der Waals surface area contributed by atoms with Gasteiger partial charge in [0.1, 0.15) is 58.1 Å². The van der Waals surface area contributed by atoms with E-state index in [9.17, 15) is 26.7 Å². The van der Waals surface area contributed by atoms with Gasteiger partial charge in [-0.15, -0.1) is 0 Å². The molecule has 6 aromatic carbocycles. The van der Waals surface area contributed by atoms with Crippen LogP contribution in [0.2, 0.25) is 5.02 Å². The van der Waals surface area contributed by atoms with Crippen molar-refractivity contribution < 1.29 is 31.5 Å². The molecule has 0 saturated carbocycles. The van der Waals surface area contributed by atoms with Crippen molar-refractivity contribution in [3.63, 3.8) is 0 Å². The third-order valence-corrected chi connectivity index (χ3v) is 20.7. The second-order valence-electron chi connectivity index (χ2n) is 28.4. The summed E-state index contributed by atoms with van der Waals surface area (Å²) in [6.07, 6.45) is 5.38. The smallest absolute Gasteiger partial charge is 0.260 e.